The van der Waals surface area contributed by atoms with Crippen LogP contribution in [0.3, 0.4) is 0 Å². The first kappa shape index (κ1) is 12.5. The third kappa shape index (κ3) is 7.84. The maximum absolute atomic E-state index is 11.2. The van der Waals surface area contributed by atoms with Gasteiger partial charge in [0.15, 0.2) is 0 Å². The van der Waals surface area contributed by atoms with E-state index in [4.69, 9.17) is 10.1 Å². The number of thioether (sulfide) groups is 1. The third-order valence-corrected chi connectivity index (χ3v) is 1.92. The minimum absolute atomic E-state index is 0.230. The van der Waals surface area contributed by atoms with E-state index < -0.39 is 5.60 Å². The van der Waals surface area contributed by atoms with Gasteiger partial charge in [-0.3, -0.25) is 10.2 Å². The average Bonchev–Trinajstić information content (AvgIpc) is 1.97. The molecule has 0 aliphatic rings. The highest BCUT2D eigenvalue weighted by Crippen LogP contribution is 2.10. The number of ether oxygens (including phenoxy) is 1. The van der Waals surface area contributed by atoms with Crippen molar-refractivity contribution in [2.45, 2.75) is 39.2 Å². The first-order chi connectivity index (χ1) is 5.85. The molecule has 0 aliphatic carbocycles. The zero-order valence-electron chi connectivity index (χ0n) is 8.64. The van der Waals surface area contributed by atoms with E-state index in [1.807, 2.05) is 27.0 Å². The van der Waals surface area contributed by atoms with Crippen LogP contribution in [0.25, 0.3) is 0 Å². The molecule has 0 unspecified atom stereocenters. The zero-order valence-corrected chi connectivity index (χ0v) is 9.46. The molecule has 0 amide bonds. The van der Waals surface area contributed by atoms with Gasteiger partial charge in [-0.15, -0.1) is 11.8 Å². The van der Waals surface area contributed by atoms with Crippen LogP contribution in [0.15, 0.2) is 0 Å². The summed E-state index contributed by atoms with van der Waals surface area (Å²) in [5.41, 5.74) is -0.418. The molecule has 0 saturated carbocycles. The van der Waals surface area contributed by atoms with Gasteiger partial charge in [-0.25, -0.2) is 0 Å². The minimum Gasteiger partial charge on any atom is -0.460 e. The Labute approximate surface area is 83.7 Å². The smallest absolute Gasteiger partial charge is 0.306 e. The summed E-state index contributed by atoms with van der Waals surface area (Å²) in [6, 6.07) is 0. The van der Waals surface area contributed by atoms with Crippen LogP contribution < -0.4 is 0 Å². The van der Waals surface area contributed by atoms with E-state index >= 15 is 0 Å². The lowest BCUT2D eigenvalue weighted by molar-refractivity contribution is -0.154. The van der Waals surface area contributed by atoms with Gasteiger partial charge in [-0.2, -0.15) is 0 Å². The second-order valence-corrected chi connectivity index (χ2v) is 4.61. The van der Waals surface area contributed by atoms with Crippen LogP contribution in [0, 0.1) is 5.41 Å². The number of nitrogens with one attached hydrogen (secondary N) is 1. The second kappa shape index (κ2) is 5.27. The lowest BCUT2D eigenvalue weighted by atomic mass is 10.2. The van der Waals surface area contributed by atoms with E-state index in [-0.39, 0.29) is 5.97 Å². The lowest BCUT2D eigenvalue weighted by Gasteiger charge is -2.19. The van der Waals surface area contributed by atoms with E-state index in [1.165, 1.54) is 11.8 Å². The van der Waals surface area contributed by atoms with Crippen molar-refractivity contribution in [2.75, 3.05) is 6.26 Å². The van der Waals surface area contributed by atoms with E-state index in [1.54, 1.807) is 0 Å². The number of esters is 1. The number of carbonyl (C=O) groups excluding carboxylic acids is 1. The van der Waals surface area contributed by atoms with Gasteiger partial charge in [0.1, 0.15) is 5.60 Å². The van der Waals surface area contributed by atoms with Gasteiger partial charge >= 0.3 is 5.97 Å². The van der Waals surface area contributed by atoms with Crippen LogP contribution >= 0.6 is 11.8 Å². The third-order valence-electron chi connectivity index (χ3n) is 1.22. The standard InChI is InChI=1S/C9H17NO2S/c1-9(2,3)12-8(11)6-5-7(10)13-4/h10H,5-6H2,1-4H3. The Balaban J connectivity index is 3.71. The molecular weight excluding hydrogens is 186 g/mol. The largest absolute Gasteiger partial charge is 0.460 e. The molecule has 0 saturated heterocycles. The fraction of sp³-hybridized carbons (Fsp3) is 0.778. The summed E-state index contributed by atoms with van der Waals surface area (Å²) in [5.74, 6) is -0.230. The monoisotopic (exact) mass is 203 g/mol. The number of hydrogen-bond donors (Lipinski definition) is 1. The van der Waals surface area contributed by atoms with Gasteiger partial charge < -0.3 is 4.74 Å². The van der Waals surface area contributed by atoms with Crippen LogP contribution in [-0.4, -0.2) is 22.9 Å². The Morgan fingerprint density at radius 2 is 1.92 bits per heavy atom. The maximum atomic E-state index is 11.2. The number of carbonyl (C=O) groups is 1. The summed E-state index contributed by atoms with van der Waals surface area (Å²) in [5, 5.41) is 7.84. The van der Waals surface area contributed by atoms with Gasteiger partial charge in [0, 0.05) is 6.42 Å². The fourth-order valence-electron chi connectivity index (χ4n) is 0.710. The summed E-state index contributed by atoms with van der Waals surface area (Å²) in [6.45, 7) is 5.51. The Morgan fingerprint density at radius 1 is 1.38 bits per heavy atom. The Hall–Kier alpha value is -0.510. The first-order valence-electron chi connectivity index (χ1n) is 4.18. The van der Waals surface area contributed by atoms with Crippen LogP contribution in [0.4, 0.5) is 0 Å². The number of rotatable bonds is 3. The van der Waals surface area contributed by atoms with Crippen molar-refractivity contribution in [3.63, 3.8) is 0 Å². The average molecular weight is 203 g/mol. The van der Waals surface area contributed by atoms with Crippen molar-refractivity contribution in [1.29, 1.82) is 5.41 Å². The van der Waals surface area contributed by atoms with E-state index in [0.29, 0.717) is 17.9 Å². The summed E-state index contributed by atoms with van der Waals surface area (Å²) >= 11 is 1.36. The van der Waals surface area contributed by atoms with Crippen molar-refractivity contribution in [3.05, 3.63) is 0 Å². The van der Waals surface area contributed by atoms with E-state index in [0.717, 1.165) is 0 Å². The molecule has 0 heterocycles. The van der Waals surface area contributed by atoms with Gasteiger partial charge in [-0.1, -0.05) is 0 Å². The van der Waals surface area contributed by atoms with Crippen LogP contribution in [0.2, 0.25) is 0 Å². The molecular formula is C9H17NO2S. The summed E-state index contributed by atoms with van der Waals surface area (Å²) in [4.78, 5) is 11.2. The predicted molar refractivity (Wildman–Crippen MR) is 56.3 cm³/mol. The van der Waals surface area contributed by atoms with Gasteiger partial charge in [0.25, 0.3) is 0 Å². The lowest BCUT2D eigenvalue weighted by Crippen LogP contribution is -2.23. The molecule has 76 valence electrons. The molecule has 1 N–H and O–H groups in total. The molecule has 0 fully saturated rings. The topological polar surface area (TPSA) is 50.2 Å². The second-order valence-electron chi connectivity index (χ2n) is 3.71. The Morgan fingerprint density at radius 3 is 2.31 bits per heavy atom. The molecule has 13 heavy (non-hydrogen) atoms. The molecule has 0 aromatic rings. The molecule has 4 heteroatoms. The Bertz CT molecular complexity index is 196. The molecule has 0 spiro atoms. The molecule has 0 aromatic heterocycles. The van der Waals surface area contributed by atoms with Crippen molar-refractivity contribution in [2.24, 2.45) is 0 Å². The van der Waals surface area contributed by atoms with E-state index in [2.05, 4.69) is 0 Å². The molecule has 0 bridgehead atoms. The minimum atomic E-state index is -0.418. The SMILES string of the molecule is CSC(=N)CCC(=O)OC(C)(C)C. The molecule has 0 aliphatic heterocycles. The summed E-state index contributed by atoms with van der Waals surface area (Å²) in [7, 11) is 0. The summed E-state index contributed by atoms with van der Waals surface area (Å²) < 4.78 is 5.09. The van der Waals surface area contributed by atoms with Crippen LogP contribution in [0.5, 0.6) is 0 Å². The van der Waals surface area contributed by atoms with E-state index in [9.17, 15) is 4.79 Å². The number of hydrogen-bond acceptors (Lipinski definition) is 4. The van der Waals surface area contributed by atoms with Crippen molar-refractivity contribution < 1.29 is 9.53 Å². The first-order valence-corrected chi connectivity index (χ1v) is 5.41. The normalized spacial score (nSPS) is 11.1. The van der Waals surface area contributed by atoms with Crippen LogP contribution in [0.1, 0.15) is 33.6 Å². The fourth-order valence-corrected chi connectivity index (χ4v) is 1.02. The molecule has 0 aromatic carbocycles. The highest BCUT2D eigenvalue weighted by molar-refractivity contribution is 8.13. The summed E-state index contributed by atoms with van der Waals surface area (Å²) in [6.07, 6.45) is 2.62. The van der Waals surface area contributed by atoms with Gasteiger partial charge in [0.2, 0.25) is 0 Å². The predicted octanol–water partition coefficient (Wildman–Crippen LogP) is 2.45. The molecule has 0 atom stereocenters. The highest BCUT2D eigenvalue weighted by Gasteiger charge is 2.15. The van der Waals surface area contributed by atoms with Crippen LogP contribution in [-0.2, 0) is 9.53 Å². The van der Waals surface area contributed by atoms with Crippen molar-refractivity contribution in [3.8, 4) is 0 Å². The molecule has 0 radical (unpaired) electrons. The molecule has 0 rings (SSSR count). The zero-order chi connectivity index (χ0) is 10.5. The Kier molecular flexibility index (Phi) is 5.06. The molecule has 3 nitrogen and oxygen atoms in total. The quantitative estimate of drug-likeness (QED) is 0.435. The van der Waals surface area contributed by atoms with Crippen molar-refractivity contribution in [1.82, 2.24) is 0 Å². The van der Waals surface area contributed by atoms with Gasteiger partial charge in [0.05, 0.1) is 11.5 Å². The van der Waals surface area contributed by atoms with Gasteiger partial charge in [-0.05, 0) is 27.0 Å². The highest BCUT2D eigenvalue weighted by atomic mass is 32.2. The maximum Gasteiger partial charge on any atom is 0.306 e. The van der Waals surface area contributed by atoms with Crippen molar-refractivity contribution >= 4 is 22.8 Å².